The smallest absolute Gasteiger partial charge is 0.238 e. The van der Waals surface area contributed by atoms with Gasteiger partial charge in [-0.2, -0.15) is 0 Å². The Balaban J connectivity index is 2.11. The fourth-order valence-corrected chi connectivity index (χ4v) is 2.90. The highest BCUT2D eigenvalue weighted by Crippen LogP contribution is 2.32. The molecule has 1 aliphatic rings. The fraction of sp³-hybridized carbons (Fsp3) is 0.538. The summed E-state index contributed by atoms with van der Waals surface area (Å²) in [6.45, 7) is 2.11. The molecule has 5 heteroatoms. The van der Waals surface area contributed by atoms with E-state index in [1.807, 2.05) is 0 Å². The van der Waals surface area contributed by atoms with Crippen molar-refractivity contribution in [2.24, 2.45) is 5.14 Å². The molecule has 18 heavy (non-hydrogen) atoms. The lowest BCUT2D eigenvalue weighted by molar-refractivity contribution is 0.0487. The zero-order valence-corrected chi connectivity index (χ0v) is 11.4. The summed E-state index contributed by atoms with van der Waals surface area (Å²) in [5, 5.41) is 5.05. The second-order valence-electron chi connectivity index (χ2n) is 5.13. The molecule has 0 amide bonds. The molecule has 1 fully saturated rings. The first-order valence-electron chi connectivity index (χ1n) is 6.21. The summed E-state index contributed by atoms with van der Waals surface area (Å²) in [5.41, 5.74) is -0.124. The van der Waals surface area contributed by atoms with Crippen LogP contribution in [0.15, 0.2) is 29.2 Å². The van der Waals surface area contributed by atoms with Crippen LogP contribution in [0.5, 0.6) is 5.75 Å². The van der Waals surface area contributed by atoms with Crippen LogP contribution in [-0.4, -0.2) is 14.0 Å². The van der Waals surface area contributed by atoms with E-state index in [1.54, 1.807) is 12.1 Å². The molecule has 4 nitrogen and oxygen atoms in total. The van der Waals surface area contributed by atoms with E-state index in [0.29, 0.717) is 5.75 Å². The van der Waals surface area contributed by atoms with Gasteiger partial charge in [-0.25, -0.2) is 13.6 Å². The summed E-state index contributed by atoms with van der Waals surface area (Å²) in [5.74, 6) is 0.701. The molecule has 0 atom stereocenters. The number of nitrogens with two attached hydrogens (primary N) is 1. The number of ether oxygens (including phenoxy) is 1. The summed E-state index contributed by atoms with van der Waals surface area (Å²) in [4.78, 5) is 0.114. The Morgan fingerprint density at radius 3 is 2.17 bits per heavy atom. The van der Waals surface area contributed by atoms with Crippen LogP contribution in [0.3, 0.4) is 0 Å². The van der Waals surface area contributed by atoms with Crippen LogP contribution in [0.1, 0.15) is 39.0 Å². The van der Waals surface area contributed by atoms with Crippen molar-refractivity contribution in [1.29, 1.82) is 0 Å². The minimum atomic E-state index is -3.62. The number of hydrogen-bond donors (Lipinski definition) is 1. The Morgan fingerprint density at radius 1 is 1.11 bits per heavy atom. The molecule has 0 bridgehead atoms. The highest BCUT2D eigenvalue weighted by atomic mass is 32.2. The quantitative estimate of drug-likeness (QED) is 0.916. The standard InChI is InChI=1S/C13H19NO3S/c1-13(9-3-2-4-10-13)17-11-5-7-12(8-6-11)18(14,15)16/h5-8H,2-4,9-10H2,1H3,(H2,14,15,16). The summed E-state index contributed by atoms with van der Waals surface area (Å²) in [7, 11) is -3.62. The first kappa shape index (κ1) is 13.4. The van der Waals surface area contributed by atoms with E-state index in [0.717, 1.165) is 12.8 Å². The molecule has 0 aliphatic heterocycles. The minimum Gasteiger partial charge on any atom is -0.488 e. The van der Waals surface area contributed by atoms with Gasteiger partial charge in [-0.15, -0.1) is 0 Å². The molecule has 0 saturated heterocycles. The highest BCUT2D eigenvalue weighted by Gasteiger charge is 2.28. The largest absolute Gasteiger partial charge is 0.488 e. The van der Waals surface area contributed by atoms with Crippen molar-refractivity contribution in [3.05, 3.63) is 24.3 Å². The molecule has 1 aromatic carbocycles. The summed E-state index contributed by atoms with van der Waals surface area (Å²) >= 11 is 0. The van der Waals surface area contributed by atoms with E-state index in [2.05, 4.69) is 6.92 Å². The van der Waals surface area contributed by atoms with Crippen LogP contribution < -0.4 is 9.88 Å². The van der Waals surface area contributed by atoms with Gasteiger partial charge in [-0.3, -0.25) is 0 Å². The van der Waals surface area contributed by atoms with Gasteiger partial charge in [-0.1, -0.05) is 6.42 Å². The minimum absolute atomic E-state index is 0.114. The van der Waals surface area contributed by atoms with Gasteiger partial charge in [0.15, 0.2) is 0 Å². The summed E-state index contributed by atoms with van der Waals surface area (Å²) in [6.07, 6.45) is 5.73. The van der Waals surface area contributed by atoms with Crippen LogP contribution in [-0.2, 0) is 10.0 Å². The molecule has 0 heterocycles. The maximum Gasteiger partial charge on any atom is 0.238 e. The molecule has 2 N–H and O–H groups in total. The Hall–Kier alpha value is -1.07. The number of primary sulfonamides is 1. The van der Waals surface area contributed by atoms with Crippen LogP contribution in [0.4, 0.5) is 0 Å². The number of rotatable bonds is 3. The van der Waals surface area contributed by atoms with Crippen molar-refractivity contribution < 1.29 is 13.2 Å². The van der Waals surface area contributed by atoms with Gasteiger partial charge in [0.1, 0.15) is 11.4 Å². The van der Waals surface area contributed by atoms with Crippen LogP contribution in [0.2, 0.25) is 0 Å². The average molecular weight is 269 g/mol. The van der Waals surface area contributed by atoms with Crippen LogP contribution in [0, 0.1) is 0 Å². The SMILES string of the molecule is CC1(Oc2ccc(S(N)(=O)=O)cc2)CCCCC1. The Kier molecular flexibility index (Phi) is 3.64. The van der Waals surface area contributed by atoms with Crippen LogP contribution >= 0.6 is 0 Å². The molecule has 2 rings (SSSR count). The van der Waals surface area contributed by atoms with E-state index in [4.69, 9.17) is 9.88 Å². The monoisotopic (exact) mass is 269 g/mol. The number of sulfonamides is 1. The van der Waals surface area contributed by atoms with Crippen molar-refractivity contribution in [2.45, 2.75) is 49.5 Å². The van der Waals surface area contributed by atoms with Gasteiger partial charge >= 0.3 is 0 Å². The lowest BCUT2D eigenvalue weighted by Gasteiger charge is -2.34. The van der Waals surface area contributed by atoms with Gasteiger partial charge in [0, 0.05) is 0 Å². The molecule has 0 aromatic heterocycles. The first-order valence-corrected chi connectivity index (χ1v) is 7.76. The van der Waals surface area contributed by atoms with Gasteiger partial charge in [0.2, 0.25) is 10.0 Å². The lowest BCUT2D eigenvalue weighted by Crippen LogP contribution is -2.34. The Bertz CT molecular complexity index is 502. The normalized spacial score (nSPS) is 19.4. The number of hydrogen-bond acceptors (Lipinski definition) is 3. The Labute approximate surface area is 108 Å². The van der Waals surface area contributed by atoms with E-state index < -0.39 is 10.0 Å². The number of benzene rings is 1. The van der Waals surface area contributed by atoms with Crippen molar-refractivity contribution in [3.63, 3.8) is 0 Å². The van der Waals surface area contributed by atoms with E-state index in [9.17, 15) is 8.42 Å². The second-order valence-corrected chi connectivity index (χ2v) is 6.69. The maximum absolute atomic E-state index is 11.1. The molecule has 0 spiro atoms. The predicted octanol–water partition coefficient (Wildman–Crippen LogP) is 2.44. The third kappa shape index (κ3) is 3.23. The fourth-order valence-electron chi connectivity index (χ4n) is 2.38. The summed E-state index contributed by atoms with van der Waals surface area (Å²) in [6, 6.07) is 6.30. The van der Waals surface area contributed by atoms with Gasteiger partial charge < -0.3 is 4.74 Å². The molecule has 100 valence electrons. The zero-order chi connectivity index (χ0) is 13.2. The lowest BCUT2D eigenvalue weighted by atomic mass is 9.86. The third-order valence-electron chi connectivity index (χ3n) is 3.43. The molecular weight excluding hydrogens is 250 g/mol. The van der Waals surface area contributed by atoms with Crippen molar-refractivity contribution in [2.75, 3.05) is 0 Å². The van der Waals surface area contributed by atoms with E-state index >= 15 is 0 Å². The third-order valence-corrected chi connectivity index (χ3v) is 4.36. The summed E-state index contributed by atoms with van der Waals surface area (Å²) < 4.78 is 28.2. The van der Waals surface area contributed by atoms with Crippen molar-refractivity contribution in [3.8, 4) is 5.75 Å². The molecule has 0 unspecified atom stereocenters. The maximum atomic E-state index is 11.1. The van der Waals surface area contributed by atoms with Crippen molar-refractivity contribution >= 4 is 10.0 Å². The Morgan fingerprint density at radius 2 is 1.67 bits per heavy atom. The first-order chi connectivity index (χ1) is 8.39. The van der Waals surface area contributed by atoms with E-state index in [1.165, 1.54) is 31.4 Å². The van der Waals surface area contributed by atoms with Crippen LogP contribution in [0.25, 0.3) is 0 Å². The van der Waals surface area contributed by atoms with E-state index in [-0.39, 0.29) is 10.5 Å². The average Bonchev–Trinajstić information content (AvgIpc) is 2.29. The van der Waals surface area contributed by atoms with Crippen molar-refractivity contribution in [1.82, 2.24) is 0 Å². The van der Waals surface area contributed by atoms with Gasteiger partial charge in [0.25, 0.3) is 0 Å². The molecule has 1 aliphatic carbocycles. The molecular formula is C13H19NO3S. The highest BCUT2D eigenvalue weighted by molar-refractivity contribution is 7.89. The van der Waals surface area contributed by atoms with Gasteiger partial charge in [0.05, 0.1) is 4.90 Å². The molecule has 1 saturated carbocycles. The second kappa shape index (κ2) is 4.90. The topological polar surface area (TPSA) is 69.4 Å². The predicted molar refractivity (Wildman–Crippen MR) is 69.9 cm³/mol. The molecule has 0 radical (unpaired) electrons. The molecule has 1 aromatic rings. The zero-order valence-electron chi connectivity index (χ0n) is 10.6. The van der Waals surface area contributed by atoms with Gasteiger partial charge in [-0.05, 0) is 56.9 Å².